The molecule has 0 aromatic carbocycles. The minimum absolute atomic E-state index is 0.310. The maximum atomic E-state index is 10.4. The van der Waals surface area contributed by atoms with Crippen LogP contribution in [0, 0.1) is 5.92 Å². The summed E-state index contributed by atoms with van der Waals surface area (Å²) in [6.45, 7) is 1.06. The number of unbranched alkanes of at least 4 members (excludes halogenated alkanes) is 5. The summed E-state index contributed by atoms with van der Waals surface area (Å²) in [5.74, 6) is 1.20. The van der Waals surface area contributed by atoms with Crippen LogP contribution in [0.1, 0.15) is 63.5 Å². The predicted octanol–water partition coefficient (Wildman–Crippen LogP) is 4.26. The maximum Gasteiger partial charge on any atom is 0.303 e. The predicted molar refractivity (Wildman–Crippen MR) is 89.1 cm³/mol. The number of aromatic nitrogens is 1. The molecule has 2 rings (SSSR count). The Labute approximate surface area is 133 Å². The van der Waals surface area contributed by atoms with E-state index in [4.69, 9.17) is 5.11 Å². The first-order valence-electron chi connectivity index (χ1n) is 8.65. The van der Waals surface area contributed by atoms with Gasteiger partial charge in [-0.2, -0.15) is 0 Å². The smallest absolute Gasteiger partial charge is 0.303 e. The Morgan fingerprint density at radius 1 is 1.14 bits per heavy atom. The minimum Gasteiger partial charge on any atom is -0.481 e. The highest BCUT2D eigenvalue weighted by molar-refractivity contribution is 5.66. The van der Waals surface area contributed by atoms with Crippen LogP contribution in [-0.4, -0.2) is 22.6 Å². The zero-order valence-corrected chi connectivity index (χ0v) is 13.4. The van der Waals surface area contributed by atoms with E-state index in [1.54, 1.807) is 0 Å². The lowest BCUT2D eigenvalue weighted by atomic mass is 10.1. The number of hydrogen-bond acceptors (Lipinski definition) is 3. The van der Waals surface area contributed by atoms with Gasteiger partial charge in [0, 0.05) is 18.7 Å². The summed E-state index contributed by atoms with van der Waals surface area (Å²) in [5, 5.41) is 12.0. The molecule has 1 heterocycles. The molecule has 1 aromatic heterocycles. The van der Waals surface area contributed by atoms with E-state index >= 15 is 0 Å². The van der Waals surface area contributed by atoms with Crippen LogP contribution in [0.2, 0.25) is 0 Å². The van der Waals surface area contributed by atoms with E-state index in [0.29, 0.717) is 6.42 Å². The van der Waals surface area contributed by atoms with Crippen molar-refractivity contribution in [2.45, 2.75) is 64.2 Å². The van der Waals surface area contributed by atoms with Gasteiger partial charge in [0.1, 0.15) is 5.82 Å². The molecular weight excluding hydrogens is 276 g/mol. The Kier molecular flexibility index (Phi) is 7.20. The van der Waals surface area contributed by atoms with Gasteiger partial charge in [-0.05, 0) is 50.2 Å². The van der Waals surface area contributed by atoms with Gasteiger partial charge in [0.25, 0.3) is 0 Å². The molecule has 0 bridgehead atoms. The maximum absolute atomic E-state index is 10.4. The highest BCUT2D eigenvalue weighted by Crippen LogP contribution is 2.28. The summed E-state index contributed by atoms with van der Waals surface area (Å²) < 4.78 is 0. The van der Waals surface area contributed by atoms with Gasteiger partial charge in [0.2, 0.25) is 0 Å². The fraction of sp³-hybridized carbons (Fsp3) is 0.667. The first-order valence-corrected chi connectivity index (χ1v) is 8.65. The molecular formula is C18H28N2O2. The number of carboxylic acid groups (broad SMARTS) is 1. The fourth-order valence-corrected chi connectivity index (χ4v) is 2.58. The SMILES string of the molecule is O=C(O)CCCCCCCCc1cccc(NCC2CC2)n1. The molecule has 0 unspecified atom stereocenters. The molecule has 0 atom stereocenters. The third kappa shape index (κ3) is 7.43. The molecule has 0 spiro atoms. The van der Waals surface area contributed by atoms with Crippen molar-refractivity contribution in [2.75, 3.05) is 11.9 Å². The van der Waals surface area contributed by atoms with Crippen molar-refractivity contribution in [3.63, 3.8) is 0 Å². The third-order valence-corrected chi connectivity index (χ3v) is 4.15. The Hall–Kier alpha value is -1.58. The largest absolute Gasteiger partial charge is 0.481 e. The zero-order chi connectivity index (χ0) is 15.6. The van der Waals surface area contributed by atoms with Gasteiger partial charge in [0.05, 0.1) is 0 Å². The van der Waals surface area contributed by atoms with Crippen LogP contribution in [0.3, 0.4) is 0 Å². The van der Waals surface area contributed by atoms with Crippen molar-refractivity contribution in [1.82, 2.24) is 4.98 Å². The molecule has 1 fully saturated rings. The topological polar surface area (TPSA) is 62.2 Å². The average Bonchev–Trinajstić information content (AvgIpc) is 3.32. The second kappa shape index (κ2) is 9.44. The molecule has 0 saturated heterocycles. The Morgan fingerprint density at radius 2 is 1.86 bits per heavy atom. The van der Waals surface area contributed by atoms with E-state index in [2.05, 4.69) is 22.4 Å². The van der Waals surface area contributed by atoms with Crippen molar-refractivity contribution in [1.29, 1.82) is 0 Å². The molecule has 2 N–H and O–H groups in total. The summed E-state index contributed by atoms with van der Waals surface area (Å²) in [4.78, 5) is 15.1. The van der Waals surface area contributed by atoms with Crippen molar-refractivity contribution < 1.29 is 9.90 Å². The van der Waals surface area contributed by atoms with E-state index < -0.39 is 5.97 Å². The quantitative estimate of drug-likeness (QED) is 0.566. The number of carbonyl (C=O) groups is 1. The van der Waals surface area contributed by atoms with Crippen LogP contribution < -0.4 is 5.32 Å². The standard InChI is InChI=1S/C18H28N2O2/c21-18(22)11-6-4-2-1-3-5-8-16-9-7-10-17(20-16)19-14-15-12-13-15/h7,9-10,15H,1-6,8,11-14H2,(H,19,20)(H,21,22). The summed E-state index contributed by atoms with van der Waals surface area (Å²) in [6.07, 6.45) is 10.6. The summed E-state index contributed by atoms with van der Waals surface area (Å²) >= 11 is 0. The molecule has 0 radical (unpaired) electrons. The second-order valence-corrected chi connectivity index (χ2v) is 6.35. The Balaban J connectivity index is 1.52. The molecule has 1 aliphatic carbocycles. The number of pyridine rings is 1. The molecule has 122 valence electrons. The Morgan fingerprint density at radius 3 is 2.59 bits per heavy atom. The zero-order valence-electron chi connectivity index (χ0n) is 13.4. The van der Waals surface area contributed by atoms with E-state index in [1.807, 2.05) is 6.07 Å². The number of nitrogens with zero attached hydrogens (tertiary/aromatic N) is 1. The Bertz CT molecular complexity index is 458. The lowest BCUT2D eigenvalue weighted by molar-refractivity contribution is -0.137. The van der Waals surface area contributed by atoms with Gasteiger partial charge < -0.3 is 10.4 Å². The van der Waals surface area contributed by atoms with Gasteiger partial charge in [-0.1, -0.05) is 31.7 Å². The summed E-state index contributed by atoms with van der Waals surface area (Å²) in [6, 6.07) is 6.24. The molecule has 4 nitrogen and oxygen atoms in total. The van der Waals surface area contributed by atoms with Gasteiger partial charge >= 0.3 is 5.97 Å². The highest BCUT2D eigenvalue weighted by Gasteiger charge is 2.20. The number of rotatable bonds is 12. The molecule has 4 heteroatoms. The summed E-state index contributed by atoms with van der Waals surface area (Å²) in [7, 11) is 0. The lowest BCUT2D eigenvalue weighted by Gasteiger charge is -2.07. The first kappa shape index (κ1) is 16.8. The van der Waals surface area contributed by atoms with E-state index in [-0.39, 0.29) is 0 Å². The van der Waals surface area contributed by atoms with Gasteiger partial charge in [0.15, 0.2) is 0 Å². The van der Waals surface area contributed by atoms with Crippen LogP contribution in [0.4, 0.5) is 5.82 Å². The lowest BCUT2D eigenvalue weighted by Crippen LogP contribution is -2.05. The normalized spacial score (nSPS) is 14.0. The molecule has 0 aliphatic heterocycles. The van der Waals surface area contributed by atoms with Crippen molar-refractivity contribution >= 4 is 11.8 Å². The molecule has 1 aromatic rings. The number of aryl methyl sites for hydroxylation is 1. The van der Waals surface area contributed by atoms with Crippen LogP contribution in [0.5, 0.6) is 0 Å². The number of anilines is 1. The van der Waals surface area contributed by atoms with Crippen LogP contribution >= 0.6 is 0 Å². The van der Waals surface area contributed by atoms with Crippen molar-refractivity contribution in [3.05, 3.63) is 23.9 Å². The number of carboxylic acids is 1. The molecule has 1 aliphatic rings. The highest BCUT2D eigenvalue weighted by atomic mass is 16.4. The van der Waals surface area contributed by atoms with Gasteiger partial charge in [-0.3, -0.25) is 4.79 Å². The summed E-state index contributed by atoms with van der Waals surface area (Å²) in [5.41, 5.74) is 1.17. The van der Waals surface area contributed by atoms with Crippen LogP contribution in [-0.2, 0) is 11.2 Å². The number of hydrogen-bond donors (Lipinski definition) is 2. The van der Waals surface area contributed by atoms with Crippen molar-refractivity contribution in [3.8, 4) is 0 Å². The van der Waals surface area contributed by atoms with Crippen LogP contribution in [0.25, 0.3) is 0 Å². The minimum atomic E-state index is -0.679. The molecule has 22 heavy (non-hydrogen) atoms. The van der Waals surface area contributed by atoms with E-state index in [0.717, 1.165) is 50.4 Å². The first-order chi connectivity index (χ1) is 10.7. The average molecular weight is 304 g/mol. The molecule has 1 saturated carbocycles. The van der Waals surface area contributed by atoms with E-state index in [9.17, 15) is 4.79 Å². The third-order valence-electron chi connectivity index (χ3n) is 4.15. The molecule has 0 amide bonds. The van der Waals surface area contributed by atoms with Crippen LogP contribution in [0.15, 0.2) is 18.2 Å². The number of aliphatic carboxylic acids is 1. The van der Waals surface area contributed by atoms with Crippen molar-refractivity contribution in [2.24, 2.45) is 5.92 Å². The fourth-order valence-electron chi connectivity index (χ4n) is 2.58. The van der Waals surface area contributed by atoms with Gasteiger partial charge in [-0.15, -0.1) is 0 Å². The van der Waals surface area contributed by atoms with E-state index in [1.165, 1.54) is 31.4 Å². The second-order valence-electron chi connectivity index (χ2n) is 6.35. The number of nitrogens with one attached hydrogen (secondary N) is 1. The van der Waals surface area contributed by atoms with Gasteiger partial charge in [-0.25, -0.2) is 4.98 Å². The monoisotopic (exact) mass is 304 g/mol.